The van der Waals surface area contributed by atoms with Gasteiger partial charge in [-0.2, -0.15) is 0 Å². The molecule has 0 aromatic carbocycles. The summed E-state index contributed by atoms with van der Waals surface area (Å²) in [6.07, 6.45) is 4.43. The van der Waals surface area contributed by atoms with Crippen molar-refractivity contribution in [2.24, 2.45) is 5.92 Å². The van der Waals surface area contributed by atoms with Gasteiger partial charge in [0.15, 0.2) is 0 Å². The largest absolute Gasteiger partial charge is 0.480 e. The van der Waals surface area contributed by atoms with Crippen LogP contribution in [0.5, 0.6) is 0 Å². The van der Waals surface area contributed by atoms with Crippen molar-refractivity contribution >= 4 is 12.1 Å². The Balaban J connectivity index is 2.38. The van der Waals surface area contributed by atoms with Gasteiger partial charge in [-0.25, -0.2) is 9.59 Å². The molecule has 1 aliphatic carbocycles. The summed E-state index contributed by atoms with van der Waals surface area (Å²) in [6.45, 7) is 3.50. The van der Waals surface area contributed by atoms with Crippen LogP contribution in [0, 0.1) is 5.92 Å². The predicted molar refractivity (Wildman–Crippen MR) is 62.8 cm³/mol. The number of carbonyl (C=O) groups excluding carboxylic acids is 1. The van der Waals surface area contributed by atoms with E-state index >= 15 is 0 Å². The highest BCUT2D eigenvalue weighted by Gasteiger charge is 2.25. The number of nitrogens with one attached hydrogen (secondary N) is 1. The van der Waals surface area contributed by atoms with Crippen molar-refractivity contribution in [3.8, 4) is 0 Å². The van der Waals surface area contributed by atoms with Crippen molar-refractivity contribution in [2.45, 2.75) is 58.1 Å². The molecular formula is C12H21NO4. The van der Waals surface area contributed by atoms with Gasteiger partial charge in [0, 0.05) is 0 Å². The second kappa shape index (κ2) is 6.47. The van der Waals surface area contributed by atoms with Crippen molar-refractivity contribution in [2.75, 3.05) is 0 Å². The molecule has 0 aromatic heterocycles. The number of hydrogen-bond donors (Lipinski definition) is 2. The SMILES string of the molecule is CC(C)[C@H](NC(=O)OC1CCCCC1)C(=O)O. The monoisotopic (exact) mass is 243 g/mol. The van der Waals surface area contributed by atoms with E-state index in [9.17, 15) is 9.59 Å². The van der Waals surface area contributed by atoms with E-state index in [0.717, 1.165) is 25.7 Å². The first-order chi connectivity index (χ1) is 8.00. The smallest absolute Gasteiger partial charge is 0.408 e. The zero-order valence-electron chi connectivity index (χ0n) is 10.4. The quantitative estimate of drug-likeness (QED) is 0.793. The van der Waals surface area contributed by atoms with Crippen LogP contribution >= 0.6 is 0 Å². The summed E-state index contributed by atoms with van der Waals surface area (Å²) < 4.78 is 5.21. The first-order valence-corrected chi connectivity index (χ1v) is 6.20. The summed E-state index contributed by atoms with van der Waals surface area (Å²) in [4.78, 5) is 22.4. The van der Waals surface area contributed by atoms with Gasteiger partial charge in [0.25, 0.3) is 0 Å². The minimum absolute atomic E-state index is 0.0506. The van der Waals surface area contributed by atoms with E-state index in [2.05, 4.69) is 5.32 Å². The lowest BCUT2D eigenvalue weighted by Gasteiger charge is -2.24. The summed E-state index contributed by atoms with van der Waals surface area (Å²) >= 11 is 0. The van der Waals surface area contributed by atoms with Crippen LogP contribution in [0.15, 0.2) is 0 Å². The molecule has 5 nitrogen and oxygen atoms in total. The Labute approximate surface area is 102 Å². The fourth-order valence-corrected chi connectivity index (χ4v) is 2.01. The number of amides is 1. The molecule has 0 aromatic rings. The molecule has 0 spiro atoms. The fraction of sp³-hybridized carbons (Fsp3) is 0.833. The predicted octanol–water partition coefficient (Wildman–Crippen LogP) is 2.15. The van der Waals surface area contributed by atoms with Crippen molar-refractivity contribution in [3.05, 3.63) is 0 Å². The highest BCUT2D eigenvalue weighted by atomic mass is 16.6. The molecule has 0 bridgehead atoms. The third kappa shape index (κ3) is 4.63. The van der Waals surface area contributed by atoms with E-state index in [4.69, 9.17) is 9.84 Å². The Morgan fingerprint density at radius 1 is 1.24 bits per heavy atom. The molecule has 1 saturated carbocycles. The van der Waals surface area contributed by atoms with Crippen LogP contribution in [-0.4, -0.2) is 29.3 Å². The van der Waals surface area contributed by atoms with Crippen LogP contribution in [0.1, 0.15) is 46.0 Å². The fourth-order valence-electron chi connectivity index (χ4n) is 2.01. The molecule has 0 heterocycles. The zero-order valence-corrected chi connectivity index (χ0v) is 10.4. The van der Waals surface area contributed by atoms with Crippen LogP contribution in [-0.2, 0) is 9.53 Å². The second-order valence-corrected chi connectivity index (χ2v) is 4.87. The minimum atomic E-state index is -1.03. The molecule has 0 saturated heterocycles. The Bertz CT molecular complexity index is 272. The van der Waals surface area contributed by atoms with E-state index < -0.39 is 18.1 Å². The molecule has 0 aliphatic heterocycles. The normalized spacial score (nSPS) is 18.8. The van der Waals surface area contributed by atoms with Crippen LogP contribution in [0.3, 0.4) is 0 Å². The Kier molecular flexibility index (Phi) is 5.25. The lowest BCUT2D eigenvalue weighted by atomic mass is 9.98. The van der Waals surface area contributed by atoms with Crippen molar-refractivity contribution in [1.29, 1.82) is 0 Å². The van der Waals surface area contributed by atoms with E-state index in [1.54, 1.807) is 13.8 Å². The van der Waals surface area contributed by atoms with Gasteiger partial charge in [0.05, 0.1) is 0 Å². The molecule has 1 amide bonds. The summed E-state index contributed by atoms with van der Waals surface area (Å²) in [7, 11) is 0. The zero-order chi connectivity index (χ0) is 12.8. The van der Waals surface area contributed by atoms with Gasteiger partial charge >= 0.3 is 12.1 Å². The van der Waals surface area contributed by atoms with Crippen molar-refractivity contribution < 1.29 is 19.4 Å². The first-order valence-electron chi connectivity index (χ1n) is 6.20. The van der Waals surface area contributed by atoms with Gasteiger partial charge in [0.1, 0.15) is 12.1 Å². The van der Waals surface area contributed by atoms with E-state index in [-0.39, 0.29) is 12.0 Å². The number of rotatable bonds is 4. The van der Waals surface area contributed by atoms with Gasteiger partial charge in [-0.1, -0.05) is 20.3 Å². The first kappa shape index (κ1) is 13.8. The van der Waals surface area contributed by atoms with E-state index in [1.165, 1.54) is 6.42 Å². The number of carbonyl (C=O) groups is 2. The van der Waals surface area contributed by atoms with Crippen LogP contribution in [0.25, 0.3) is 0 Å². The molecular weight excluding hydrogens is 222 g/mol. The molecule has 1 atom stereocenters. The molecule has 98 valence electrons. The van der Waals surface area contributed by atoms with Crippen LogP contribution in [0.2, 0.25) is 0 Å². The molecule has 1 rings (SSSR count). The lowest BCUT2D eigenvalue weighted by molar-refractivity contribution is -0.140. The molecule has 1 aliphatic rings. The lowest BCUT2D eigenvalue weighted by Crippen LogP contribution is -2.45. The number of aliphatic carboxylic acids is 1. The topological polar surface area (TPSA) is 75.6 Å². The number of carboxylic acids is 1. The number of ether oxygens (including phenoxy) is 1. The van der Waals surface area contributed by atoms with Gasteiger partial charge in [-0.05, 0) is 31.6 Å². The molecule has 2 N–H and O–H groups in total. The molecule has 1 fully saturated rings. The summed E-state index contributed by atoms with van der Waals surface area (Å²) in [5.41, 5.74) is 0. The minimum Gasteiger partial charge on any atom is -0.480 e. The third-order valence-electron chi connectivity index (χ3n) is 3.03. The van der Waals surface area contributed by atoms with Gasteiger partial charge in [-0.3, -0.25) is 0 Å². The Morgan fingerprint density at radius 3 is 2.29 bits per heavy atom. The highest BCUT2D eigenvalue weighted by Crippen LogP contribution is 2.20. The second-order valence-electron chi connectivity index (χ2n) is 4.87. The van der Waals surface area contributed by atoms with E-state index in [0.29, 0.717) is 0 Å². The molecule has 17 heavy (non-hydrogen) atoms. The van der Waals surface area contributed by atoms with Crippen molar-refractivity contribution in [1.82, 2.24) is 5.32 Å². The maximum atomic E-state index is 11.5. The van der Waals surface area contributed by atoms with Gasteiger partial charge < -0.3 is 15.2 Å². The van der Waals surface area contributed by atoms with Gasteiger partial charge in [-0.15, -0.1) is 0 Å². The Morgan fingerprint density at radius 2 is 1.82 bits per heavy atom. The standard InChI is InChI=1S/C12H21NO4/c1-8(2)10(11(14)15)13-12(16)17-9-6-4-3-5-7-9/h8-10H,3-7H2,1-2H3,(H,13,16)(H,14,15)/t10-/m0/s1. The third-order valence-corrected chi connectivity index (χ3v) is 3.03. The molecule has 0 unspecified atom stereocenters. The van der Waals surface area contributed by atoms with Crippen LogP contribution in [0.4, 0.5) is 4.79 Å². The van der Waals surface area contributed by atoms with Crippen molar-refractivity contribution in [3.63, 3.8) is 0 Å². The average molecular weight is 243 g/mol. The highest BCUT2D eigenvalue weighted by molar-refractivity contribution is 5.80. The van der Waals surface area contributed by atoms with Crippen LogP contribution < -0.4 is 5.32 Å². The summed E-state index contributed by atoms with van der Waals surface area (Å²) in [5.74, 6) is -1.19. The average Bonchev–Trinajstić information content (AvgIpc) is 2.26. The summed E-state index contributed by atoms with van der Waals surface area (Å²) in [6, 6.07) is -0.883. The number of carboxylic acid groups (broad SMARTS) is 1. The van der Waals surface area contributed by atoms with Gasteiger partial charge in [0.2, 0.25) is 0 Å². The van der Waals surface area contributed by atoms with E-state index in [1.807, 2.05) is 0 Å². The maximum absolute atomic E-state index is 11.5. The Hall–Kier alpha value is -1.26. The number of hydrogen-bond acceptors (Lipinski definition) is 3. The summed E-state index contributed by atoms with van der Waals surface area (Å²) in [5, 5.41) is 11.3. The molecule has 0 radical (unpaired) electrons. The molecule has 5 heteroatoms. The maximum Gasteiger partial charge on any atom is 0.408 e. The number of alkyl carbamates (subject to hydrolysis) is 1.